The van der Waals surface area contributed by atoms with E-state index < -0.39 is 6.03 Å². The predicted octanol–water partition coefficient (Wildman–Crippen LogP) is 0.768. The summed E-state index contributed by atoms with van der Waals surface area (Å²) in [6.07, 6.45) is 0. The summed E-state index contributed by atoms with van der Waals surface area (Å²) in [6.45, 7) is 0. The number of carbonyl (C=O) groups is 1. The van der Waals surface area contributed by atoms with Crippen LogP contribution in [-0.4, -0.2) is 13.1 Å². The average molecular weight is 181 g/mol. The smallest absolute Gasteiger partial charge is 0.316 e. The molecule has 5 nitrogen and oxygen atoms in total. The van der Waals surface area contributed by atoms with Crippen molar-refractivity contribution in [3.63, 3.8) is 0 Å². The Morgan fingerprint density at radius 3 is 2.77 bits per heavy atom. The molecule has 1 aromatic rings. The number of carbonyl (C=O) groups excluding carboxylic acids is 1. The highest BCUT2D eigenvalue weighted by Gasteiger charge is 2.01. The number of nitrogen functional groups attached to an aromatic ring is 1. The second-order valence-corrected chi connectivity index (χ2v) is 2.45. The molecule has 0 aromatic heterocycles. The number of rotatable bonds is 2. The molecular formula is C8H11N3O2. The molecule has 0 unspecified atom stereocenters. The summed E-state index contributed by atoms with van der Waals surface area (Å²) in [4.78, 5) is 10.5. The fraction of sp³-hybridized carbons (Fsp3) is 0.125. The zero-order chi connectivity index (χ0) is 9.84. The van der Waals surface area contributed by atoms with Crippen LogP contribution in [0.4, 0.5) is 16.2 Å². The number of methoxy groups -OCH3 is 1. The van der Waals surface area contributed by atoms with E-state index in [4.69, 9.17) is 16.2 Å². The first-order valence-corrected chi connectivity index (χ1v) is 3.63. The Balaban J connectivity index is 2.92. The van der Waals surface area contributed by atoms with Crippen LogP contribution in [0.1, 0.15) is 0 Å². The number of hydrogen-bond donors (Lipinski definition) is 3. The van der Waals surface area contributed by atoms with E-state index in [1.165, 1.54) is 7.11 Å². The van der Waals surface area contributed by atoms with Gasteiger partial charge in [0.1, 0.15) is 5.75 Å². The minimum absolute atomic E-state index is 0.506. The summed E-state index contributed by atoms with van der Waals surface area (Å²) in [5.74, 6) is 0.506. The van der Waals surface area contributed by atoms with Gasteiger partial charge in [0, 0.05) is 11.8 Å². The molecular weight excluding hydrogens is 170 g/mol. The van der Waals surface area contributed by atoms with E-state index >= 15 is 0 Å². The molecule has 0 saturated heterocycles. The molecule has 5 heteroatoms. The number of ether oxygens (including phenoxy) is 1. The molecule has 70 valence electrons. The highest BCUT2D eigenvalue weighted by molar-refractivity contribution is 5.88. The molecule has 0 heterocycles. The molecule has 0 aliphatic rings. The summed E-state index contributed by atoms with van der Waals surface area (Å²) in [6, 6.07) is 4.25. The second kappa shape index (κ2) is 3.66. The Morgan fingerprint density at radius 2 is 2.23 bits per heavy atom. The van der Waals surface area contributed by atoms with Gasteiger partial charge in [-0.05, 0) is 12.1 Å². The minimum atomic E-state index is -0.619. The Bertz CT molecular complexity index is 325. The van der Waals surface area contributed by atoms with Gasteiger partial charge in [0.05, 0.1) is 12.8 Å². The quantitative estimate of drug-likeness (QED) is 0.588. The molecule has 1 rings (SSSR count). The lowest BCUT2D eigenvalue weighted by Gasteiger charge is -2.06. The van der Waals surface area contributed by atoms with E-state index in [0.29, 0.717) is 17.1 Å². The van der Waals surface area contributed by atoms with Crippen molar-refractivity contribution in [2.24, 2.45) is 5.73 Å². The number of primary amides is 1. The van der Waals surface area contributed by atoms with Crippen molar-refractivity contribution in [3.8, 4) is 5.75 Å². The molecule has 0 saturated carbocycles. The number of benzene rings is 1. The Kier molecular flexibility index (Phi) is 2.59. The van der Waals surface area contributed by atoms with Gasteiger partial charge in [0.15, 0.2) is 0 Å². The first-order valence-electron chi connectivity index (χ1n) is 3.63. The highest BCUT2D eigenvalue weighted by atomic mass is 16.5. The fourth-order valence-corrected chi connectivity index (χ4v) is 0.931. The summed E-state index contributed by atoms with van der Waals surface area (Å²) in [5, 5.41) is 2.41. The van der Waals surface area contributed by atoms with Crippen molar-refractivity contribution >= 4 is 17.4 Å². The van der Waals surface area contributed by atoms with Crippen LogP contribution in [0.15, 0.2) is 18.2 Å². The van der Waals surface area contributed by atoms with Crippen molar-refractivity contribution in [1.82, 2.24) is 0 Å². The first kappa shape index (κ1) is 9.18. The lowest BCUT2D eigenvalue weighted by Crippen LogP contribution is -2.19. The van der Waals surface area contributed by atoms with E-state index in [1.54, 1.807) is 18.2 Å². The maximum absolute atomic E-state index is 10.5. The number of anilines is 2. The van der Waals surface area contributed by atoms with Gasteiger partial charge in [-0.15, -0.1) is 0 Å². The van der Waals surface area contributed by atoms with Crippen molar-refractivity contribution in [3.05, 3.63) is 18.2 Å². The Morgan fingerprint density at radius 1 is 1.54 bits per heavy atom. The molecule has 0 aliphatic heterocycles. The monoisotopic (exact) mass is 181 g/mol. The normalized spacial score (nSPS) is 9.31. The van der Waals surface area contributed by atoms with Crippen LogP contribution < -0.4 is 21.5 Å². The van der Waals surface area contributed by atoms with E-state index in [1.807, 2.05) is 0 Å². The van der Waals surface area contributed by atoms with Crippen molar-refractivity contribution in [2.45, 2.75) is 0 Å². The van der Waals surface area contributed by atoms with Crippen LogP contribution >= 0.6 is 0 Å². The molecule has 5 N–H and O–H groups in total. The third-order valence-corrected chi connectivity index (χ3v) is 1.50. The molecule has 0 aliphatic carbocycles. The van der Waals surface area contributed by atoms with Gasteiger partial charge >= 0.3 is 6.03 Å². The predicted molar refractivity (Wildman–Crippen MR) is 50.6 cm³/mol. The molecule has 0 fully saturated rings. The van der Waals surface area contributed by atoms with Gasteiger partial charge in [-0.25, -0.2) is 4.79 Å². The van der Waals surface area contributed by atoms with Crippen LogP contribution in [0, 0.1) is 0 Å². The Labute approximate surface area is 75.7 Å². The van der Waals surface area contributed by atoms with Crippen LogP contribution in [0.25, 0.3) is 0 Å². The highest BCUT2D eigenvalue weighted by Crippen LogP contribution is 2.24. The van der Waals surface area contributed by atoms with Crippen LogP contribution in [-0.2, 0) is 0 Å². The third kappa shape index (κ3) is 2.26. The lowest BCUT2D eigenvalue weighted by atomic mass is 10.2. The summed E-state index contributed by atoms with van der Waals surface area (Å²) < 4.78 is 4.95. The largest absolute Gasteiger partial charge is 0.495 e. The number of amides is 2. The maximum atomic E-state index is 10.5. The lowest BCUT2D eigenvalue weighted by molar-refractivity contribution is 0.259. The molecule has 0 spiro atoms. The molecule has 0 radical (unpaired) electrons. The fourth-order valence-electron chi connectivity index (χ4n) is 0.931. The Hall–Kier alpha value is -1.91. The van der Waals surface area contributed by atoms with E-state index in [0.717, 1.165) is 0 Å². The van der Waals surface area contributed by atoms with Crippen molar-refractivity contribution in [1.29, 1.82) is 0 Å². The zero-order valence-corrected chi connectivity index (χ0v) is 7.20. The third-order valence-electron chi connectivity index (χ3n) is 1.50. The SMILES string of the molecule is COc1cc(NC(N)=O)ccc1N. The number of hydrogen-bond acceptors (Lipinski definition) is 3. The second-order valence-electron chi connectivity index (χ2n) is 2.45. The number of nitrogens with one attached hydrogen (secondary N) is 1. The van der Waals surface area contributed by atoms with E-state index in [-0.39, 0.29) is 0 Å². The number of nitrogens with two attached hydrogens (primary N) is 2. The maximum Gasteiger partial charge on any atom is 0.316 e. The summed E-state index contributed by atoms with van der Waals surface area (Å²) in [5.41, 5.74) is 11.6. The first-order chi connectivity index (χ1) is 6.13. The van der Waals surface area contributed by atoms with Gasteiger partial charge in [-0.2, -0.15) is 0 Å². The zero-order valence-electron chi connectivity index (χ0n) is 7.20. The van der Waals surface area contributed by atoms with Gasteiger partial charge in [0.2, 0.25) is 0 Å². The van der Waals surface area contributed by atoms with Gasteiger partial charge in [-0.3, -0.25) is 0 Å². The molecule has 1 aromatic carbocycles. The molecule has 0 atom stereocenters. The summed E-state index contributed by atoms with van der Waals surface area (Å²) >= 11 is 0. The van der Waals surface area contributed by atoms with Crippen LogP contribution in [0.5, 0.6) is 5.75 Å². The minimum Gasteiger partial charge on any atom is -0.495 e. The van der Waals surface area contributed by atoms with Crippen molar-refractivity contribution < 1.29 is 9.53 Å². The van der Waals surface area contributed by atoms with E-state index in [2.05, 4.69) is 5.32 Å². The van der Waals surface area contributed by atoms with Crippen LogP contribution in [0.3, 0.4) is 0 Å². The molecule has 13 heavy (non-hydrogen) atoms. The summed E-state index contributed by atoms with van der Waals surface area (Å²) in [7, 11) is 1.50. The standard InChI is InChI=1S/C8H11N3O2/c1-13-7-4-5(11-8(10)12)2-3-6(7)9/h2-4H,9H2,1H3,(H3,10,11,12). The number of urea groups is 1. The van der Waals surface area contributed by atoms with Gasteiger partial charge in [0.25, 0.3) is 0 Å². The topological polar surface area (TPSA) is 90.4 Å². The molecule has 2 amide bonds. The van der Waals surface area contributed by atoms with Crippen molar-refractivity contribution in [2.75, 3.05) is 18.2 Å². The molecule has 0 bridgehead atoms. The van der Waals surface area contributed by atoms with Gasteiger partial charge in [-0.1, -0.05) is 0 Å². The van der Waals surface area contributed by atoms with Crippen LogP contribution in [0.2, 0.25) is 0 Å². The average Bonchev–Trinajstić information content (AvgIpc) is 2.07. The van der Waals surface area contributed by atoms with Gasteiger partial charge < -0.3 is 21.5 Å². The van der Waals surface area contributed by atoms with E-state index in [9.17, 15) is 4.79 Å².